The van der Waals surface area contributed by atoms with E-state index in [2.05, 4.69) is 79.9 Å². The van der Waals surface area contributed by atoms with E-state index < -0.39 is 5.60 Å². The minimum Gasteiger partial charge on any atom is -0.386 e. The quantitative estimate of drug-likeness (QED) is 0.690. The Labute approximate surface area is 199 Å². The second-order valence-electron chi connectivity index (χ2n) is 11.7. The Kier molecular flexibility index (Phi) is 6.45. The minimum atomic E-state index is -0.568. The number of pyridine rings is 2. The number of anilines is 2. The Hall–Kier alpha value is -2.18. The van der Waals surface area contributed by atoms with E-state index in [0.717, 1.165) is 56.2 Å². The third kappa shape index (κ3) is 5.49. The summed E-state index contributed by atoms with van der Waals surface area (Å²) >= 11 is 0. The van der Waals surface area contributed by atoms with Crippen LogP contribution < -0.4 is 9.80 Å². The number of aromatic nitrogens is 2. The van der Waals surface area contributed by atoms with E-state index in [-0.39, 0.29) is 10.8 Å². The summed E-state index contributed by atoms with van der Waals surface area (Å²) in [5, 5.41) is 9.99. The zero-order chi connectivity index (χ0) is 23.9. The third-order valence-electron chi connectivity index (χ3n) is 7.60. The van der Waals surface area contributed by atoms with Crippen molar-refractivity contribution in [2.75, 3.05) is 56.1 Å². The van der Waals surface area contributed by atoms with Gasteiger partial charge in [0.25, 0.3) is 0 Å². The highest BCUT2D eigenvalue weighted by Crippen LogP contribution is 2.36. The summed E-state index contributed by atoms with van der Waals surface area (Å²) in [5.74, 6) is 1.09. The first-order valence-electron chi connectivity index (χ1n) is 12.3. The van der Waals surface area contributed by atoms with E-state index in [1.54, 1.807) is 0 Å². The molecule has 2 aliphatic rings. The summed E-state index contributed by atoms with van der Waals surface area (Å²) in [6, 6.07) is 8.76. The lowest BCUT2D eigenvalue weighted by atomic mass is 9.74. The number of piperazine rings is 1. The number of β-amino-alcohol motifs (C(OH)–C–C–N with tert-alkyl or cyclic N) is 1. The van der Waals surface area contributed by atoms with Crippen LogP contribution in [0.5, 0.6) is 0 Å². The van der Waals surface area contributed by atoms with E-state index in [9.17, 15) is 5.11 Å². The van der Waals surface area contributed by atoms with Gasteiger partial charge in [0.15, 0.2) is 0 Å². The lowest BCUT2D eigenvalue weighted by molar-refractivity contribution is 0.0310. The molecule has 33 heavy (non-hydrogen) atoms. The van der Waals surface area contributed by atoms with Crippen molar-refractivity contribution < 1.29 is 5.11 Å². The number of hydrogen-bond acceptors (Lipinski definition) is 6. The van der Waals surface area contributed by atoms with Gasteiger partial charge in [0, 0.05) is 56.6 Å². The van der Waals surface area contributed by atoms with E-state index in [1.807, 2.05) is 13.1 Å². The third-order valence-corrected chi connectivity index (χ3v) is 7.60. The fourth-order valence-electron chi connectivity index (χ4n) is 4.84. The van der Waals surface area contributed by atoms with E-state index in [1.165, 1.54) is 5.56 Å². The molecule has 0 aliphatic carbocycles. The fraction of sp³-hybridized carbons (Fsp3) is 0.630. The first kappa shape index (κ1) is 24.0. The maximum atomic E-state index is 9.99. The topological polar surface area (TPSA) is 55.7 Å². The lowest BCUT2D eigenvalue weighted by Crippen LogP contribution is -2.60. The van der Waals surface area contributed by atoms with Crippen molar-refractivity contribution in [3.63, 3.8) is 0 Å². The van der Waals surface area contributed by atoms with E-state index >= 15 is 0 Å². The Morgan fingerprint density at radius 3 is 2.06 bits per heavy atom. The Bertz CT molecular complexity index is 920. The van der Waals surface area contributed by atoms with Crippen LogP contribution in [0.1, 0.15) is 58.7 Å². The van der Waals surface area contributed by atoms with Crippen LogP contribution in [0.15, 0.2) is 36.7 Å². The summed E-state index contributed by atoms with van der Waals surface area (Å²) in [5.41, 5.74) is 2.98. The van der Waals surface area contributed by atoms with Gasteiger partial charge in [0.2, 0.25) is 0 Å². The van der Waals surface area contributed by atoms with Crippen LogP contribution in [-0.2, 0) is 10.8 Å². The molecule has 0 bridgehead atoms. The molecule has 2 fully saturated rings. The van der Waals surface area contributed by atoms with Gasteiger partial charge in [0.05, 0.1) is 17.5 Å². The first-order valence-corrected chi connectivity index (χ1v) is 12.3. The number of rotatable bonds is 7. The smallest absolute Gasteiger partial charge is 0.128 e. The van der Waals surface area contributed by atoms with Crippen LogP contribution in [-0.4, -0.2) is 71.9 Å². The van der Waals surface area contributed by atoms with E-state index in [0.29, 0.717) is 13.1 Å². The molecular formula is C27H41N5O. The van der Waals surface area contributed by atoms with Gasteiger partial charge < -0.3 is 19.8 Å². The monoisotopic (exact) mass is 451 g/mol. The molecule has 1 N–H and O–H groups in total. The molecule has 180 valence electrons. The van der Waals surface area contributed by atoms with Gasteiger partial charge >= 0.3 is 0 Å². The van der Waals surface area contributed by atoms with Crippen molar-refractivity contribution in [3.8, 4) is 0 Å². The predicted molar refractivity (Wildman–Crippen MR) is 136 cm³/mol. The molecule has 0 spiro atoms. The van der Waals surface area contributed by atoms with Gasteiger partial charge in [-0.3, -0.25) is 4.98 Å². The average molecular weight is 452 g/mol. The highest BCUT2D eigenvalue weighted by atomic mass is 16.3. The molecule has 2 aromatic heterocycles. The SMILES string of the molecule is CN1CCN(c2ccc(C(C)(C)CCC(C)(C)c3ccc(N4CC(C)(O)C4)cn3)cn2)CC1. The molecule has 0 radical (unpaired) electrons. The Balaban J connectivity index is 1.35. The number of hydrogen-bond donors (Lipinski definition) is 1. The minimum absolute atomic E-state index is 0.0105. The lowest BCUT2D eigenvalue weighted by Gasteiger charge is -2.45. The largest absolute Gasteiger partial charge is 0.386 e. The average Bonchev–Trinajstić information content (AvgIpc) is 2.77. The number of nitrogens with zero attached hydrogens (tertiary/aromatic N) is 5. The molecule has 0 unspecified atom stereocenters. The van der Waals surface area contributed by atoms with Crippen LogP contribution in [0, 0.1) is 0 Å². The summed E-state index contributed by atoms with van der Waals surface area (Å²) in [7, 11) is 2.18. The van der Waals surface area contributed by atoms with Gasteiger partial charge in [-0.05, 0) is 56.0 Å². The summed E-state index contributed by atoms with van der Waals surface area (Å²) < 4.78 is 0. The second kappa shape index (κ2) is 8.88. The van der Waals surface area contributed by atoms with Crippen molar-refractivity contribution in [3.05, 3.63) is 47.9 Å². The molecule has 2 aliphatic heterocycles. The molecule has 0 amide bonds. The van der Waals surface area contributed by atoms with Crippen molar-refractivity contribution in [1.29, 1.82) is 0 Å². The molecule has 2 aromatic rings. The summed E-state index contributed by atoms with van der Waals surface area (Å²) in [4.78, 5) is 16.5. The normalized spacial score (nSPS) is 19.5. The van der Waals surface area contributed by atoms with Gasteiger partial charge in [-0.25, -0.2) is 4.98 Å². The molecule has 6 heteroatoms. The summed E-state index contributed by atoms with van der Waals surface area (Å²) in [6.45, 7) is 16.7. The second-order valence-corrected chi connectivity index (χ2v) is 11.7. The van der Waals surface area contributed by atoms with Crippen LogP contribution in [0.3, 0.4) is 0 Å². The number of aliphatic hydroxyl groups is 1. The van der Waals surface area contributed by atoms with E-state index in [4.69, 9.17) is 9.97 Å². The molecule has 2 saturated heterocycles. The first-order chi connectivity index (χ1) is 15.5. The molecule has 0 aromatic carbocycles. The maximum absolute atomic E-state index is 9.99. The maximum Gasteiger partial charge on any atom is 0.128 e. The summed E-state index contributed by atoms with van der Waals surface area (Å²) in [6.07, 6.45) is 6.15. The van der Waals surface area contributed by atoms with Crippen molar-refractivity contribution in [1.82, 2.24) is 14.9 Å². The Morgan fingerprint density at radius 1 is 0.848 bits per heavy atom. The van der Waals surface area contributed by atoms with Crippen LogP contribution in [0.2, 0.25) is 0 Å². The molecule has 6 nitrogen and oxygen atoms in total. The predicted octanol–water partition coefficient (Wildman–Crippen LogP) is 3.84. The van der Waals surface area contributed by atoms with Crippen molar-refractivity contribution in [2.24, 2.45) is 0 Å². The molecular weight excluding hydrogens is 410 g/mol. The van der Waals surface area contributed by atoms with Gasteiger partial charge in [-0.15, -0.1) is 0 Å². The molecule has 4 heterocycles. The van der Waals surface area contributed by atoms with Gasteiger partial charge in [-0.2, -0.15) is 0 Å². The molecule has 0 saturated carbocycles. The van der Waals surface area contributed by atoms with Crippen molar-refractivity contribution in [2.45, 2.75) is 63.9 Å². The number of likely N-dealkylation sites (N-methyl/N-ethyl adjacent to an activating group) is 1. The van der Waals surface area contributed by atoms with Crippen LogP contribution >= 0.6 is 0 Å². The van der Waals surface area contributed by atoms with Gasteiger partial charge in [0.1, 0.15) is 5.82 Å². The standard InChI is InChI=1S/C27H41N5O/c1-25(2,21-7-10-24(29-17-21)31-15-13-30(6)14-16-31)11-12-26(3,4)23-9-8-22(18-28-23)32-19-27(5,33)20-32/h7-10,17-18,33H,11-16,19-20H2,1-6H3. The molecule has 4 rings (SSSR count). The Morgan fingerprint density at radius 2 is 1.52 bits per heavy atom. The van der Waals surface area contributed by atoms with Gasteiger partial charge in [-0.1, -0.05) is 33.8 Å². The van der Waals surface area contributed by atoms with Crippen molar-refractivity contribution >= 4 is 11.5 Å². The highest BCUT2D eigenvalue weighted by Gasteiger charge is 2.37. The molecule has 0 atom stereocenters. The van der Waals surface area contributed by atoms with Crippen LogP contribution in [0.25, 0.3) is 0 Å². The fourth-order valence-corrected chi connectivity index (χ4v) is 4.84. The highest BCUT2D eigenvalue weighted by molar-refractivity contribution is 5.49. The zero-order valence-electron chi connectivity index (χ0n) is 21.3. The zero-order valence-corrected chi connectivity index (χ0v) is 21.3. The van der Waals surface area contributed by atoms with Crippen LogP contribution in [0.4, 0.5) is 11.5 Å².